The molecule has 0 aromatic carbocycles. The summed E-state index contributed by atoms with van der Waals surface area (Å²) in [4.78, 5) is 22.7. The Balaban J connectivity index is 1.85. The van der Waals surface area contributed by atoms with E-state index in [1.54, 1.807) is 6.92 Å². The molecule has 1 atom stereocenters. The molecule has 1 aromatic rings. The zero-order chi connectivity index (χ0) is 18.1. The van der Waals surface area contributed by atoms with Gasteiger partial charge in [-0.1, -0.05) is 11.8 Å². The molecule has 1 aliphatic rings. The summed E-state index contributed by atoms with van der Waals surface area (Å²) in [6, 6.07) is 1.99. The highest BCUT2D eigenvalue weighted by atomic mass is 32.2. The van der Waals surface area contributed by atoms with Crippen LogP contribution in [0.1, 0.15) is 45.2 Å². The molecule has 6 nitrogen and oxygen atoms in total. The molecule has 0 bridgehead atoms. The first-order chi connectivity index (χ1) is 12.1. The fourth-order valence-electron chi connectivity index (χ4n) is 2.79. The number of nitrogens with zero attached hydrogens (tertiary/aromatic N) is 2. The van der Waals surface area contributed by atoms with Crippen molar-refractivity contribution in [2.24, 2.45) is 0 Å². The largest absolute Gasteiger partial charge is 0.466 e. The zero-order valence-electron chi connectivity index (χ0n) is 15.0. The van der Waals surface area contributed by atoms with E-state index in [1.165, 1.54) is 17.3 Å². The van der Waals surface area contributed by atoms with Crippen molar-refractivity contribution in [2.45, 2.75) is 51.3 Å². The van der Waals surface area contributed by atoms with Crippen molar-refractivity contribution in [3.05, 3.63) is 23.5 Å². The fraction of sp³-hybridized carbons (Fsp3) is 0.611. The molecule has 1 aliphatic heterocycles. The predicted molar refractivity (Wildman–Crippen MR) is 100 cm³/mol. The van der Waals surface area contributed by atoms with Gasteiger partial charge in [-0.2, -0.15) is 5.10 Å². The maximum Gasteiger partial charge on any atom is 0.305 e. The lowest BCUT2D eigenvalue weighted by Crippen LogP contribution is -2.32. The van der Waals surface area contributed by atoms with Gasteiger partial charge in [-0.25, -0.2) is 0 Å². The third-order valence-electron chi connectivity index (χ3n) is 3.95. The van der Waals surface area contributed by atoms with Crippen LogP contribution < -0.4 is 5.32 Å². The number of nitrogens with one attached hydrogen (secondary N) is 1. The minimum atomic E-state index is -0.132. The van der Waals surface area contributed by atoms with Gasteiger partial charge in [0.2, 0.25) is 0 Å². The van der Waals surface area contributed by atoms with Crippen LogP contribution in [0, 0.1) is 0 Å². The Hall–Kier alpha value is -1.60. The second-order valence-corrected chi connectivity index (χ2v) is 7.43. The van der Waals surface area contributed by atoms with E-state index in [9.17, 15) is 9.59 Å². The van der Waals surface area contributed by atoms with Crippen molar-refractivity contribution in [3.8, 4) is 0 Å². The standard InChI is InChI=1S/C18H27N3O3S/c1-3-24-18(23)6-4-5-10-21-11-8-16(20-21)12-15-13-19-9-7-17(15)25-14(2)22/h8,11-12,17,19H,3-7,9-10,13H2,1-2H3/b15-12+. The molecule has 2 heterocycles. The number of carbonyl (C=O) groups is 2. The first-order valence-corrected chi connectivity index (χ1v) is 9.74. The molecule has 25 heavy (non-hydrogen) atoms. The Kier molecular flexibility index (Phi) is 8.21. The third kappa shape index (κ3) is 7.04. The molecule has 0 radical (unpaired) electrons. The molecule has 1 fully saturated rings. The third-order valence-corrected chi connectivity index (χ3v) is 5.11. The van der Waals surface area contributed by atoms with Gasteiger partial charge in [-0.3, -0.25) is 14.3 Å². The first kappa shape index (κ1) is 19.7. The number of carbonyl (C=O) groups excluding carboxylic acids is 2. The lowest BCUT2D eigenvalue weighted by atomic mass is 10.0. The van der Waals surface area contributed by atoms with E-state index in [-0.39, 0.29) is 16.3 Å². The number of esters is 1. The second-order valence-electron chi connectivity index (χ2n) is 6.05. The zero-order valence-corrected chi connectivity index (χ0v) is 15.8. The number of aryl methyl sites for hydroxylation is 1. The molecule has 1 N–H and O–H groups in total. The molecular formula is C18H27N3O3S. The molecule has 0 saturated carbocycles. The number of rotatable bonds is 8. The molecule has 1 saturated heterocycles. The Morgan fingerprint density at radius 2 is 2.32 bits per heavy atom. The number of unbranched alkanes of at least 4 members (excludes halogenated alkanes) is 1. The van der Waals surface area contributed by atoms with Crippen molar-refractivity contribution in [1.82, 2.24) is 15.1 Å². The van der Waals surface area contributed by atoms with Gasteiger partial charge in [0.05, 0.1) is 12.3 Å². The van der Waals surface area contributed by atoms with Gasteiger partial charge in [0, 0.05) is 37.9 Å². The maximum atomic E-state index is 11.4. The summed E-state index contributed by atoms with van der Waals surface area (Å²) in [5.74, 6) is -0.132. The minimum Gasteiger partial charge on any atom is -0.466 e. The highest BCUT2D eigenvalue weighted by Gasteiger charge is 2.21. The van der Waals surface area contributed by atoms with Crippen molar-refractivity contribution in [3.63, 3.8) is 0 Å². The lowest BCUT2D eigenvalue weighted by Gasteiger charge is -2.24. The Morgan fingerprint density at radius 1 is 1.48 bits per heavy atom. The number of ether oxygens (including phenoxy) is 1. The van der Waals surface area contributed by atoms with E-state index >= 15 is 0 Å². The molecule has 1 aromatic heterocycles. The van der Waals surface area contributed by atoms with Crippen molar-refractivity contribution in [1.29, 1.82) is 0 Å². The summed E-state index contributed by atoms with van der Waals surface area (Å²) in [6.07, 6.45) is 7.16. The van der Waals surface area contributed by atoms with Crippen molar-refractivity contribution in [2.75, 3.05) is 19.7 Å². The van der Waals surface area contributed by atoms with Gasteiger partial charge in [0.1, 0.15) is 0 Å². The van der Waals surface area contributed by atoms with Crippen LogP contribution in [0.25, 0.3) is 6.08 Å². The molecule has 0 aliphatic carbocycles. The molecule has 7 heteroatoms. The van der Waals surface area contributed by atoms with E-state index in [0.717, 1.165) is 44.6 Å². The van der Waals surface area contributed by atoms with Gasteiger partial charge in [-0.15, -0.1) is 0 Å². The fourth-order valence-corrected chi connectivity index (χ4v) is 3.73. The summed E-state index contributed by atoms with van der Waals surface area (Å²) in [7, 11) is 0. The summed E-state index contributed by atoms with van der Waals surface area (Å²) < 4.78 is 6.82. The highest BCUT2D eigenvalue weighted by molar-refractivity contribution is 8.14. The molecular weight excluding hydrogens is 338 g/mol. The van der Waals surface area contributed by atoms with Crippen LogP contribution in [0.5, 0.6) is 0 Å². The van der Waals surface area contributed by atoms with Crippen molar-refractivity contribution < 1.29 is 14.3 Å². The summed E-state index contributed by atoms with van der Waals surface area (Å²) in [5.41, 5.74) is 2.14. The molecule has 2 rings (SSSR count). The van der Waals surface area contributed by atoms with Gasteiger partial charge >= 0.3 is 5.97 Å². The summed E-state index contributed by atoms with van der Waals surface area (Å²) in [6.45, 7) is 6.41. The van der Waals surface area contributed by atoms with Crippen molar-refractivity contribution >= 4 is 28.9 Å². The van der Waals surface area contributed by atoms with Crippen LogP contribution in [0.2, 0.25) is 0 Å². The lowest BCUT2D eigenvalue weighted by molar-refractivity contribution is -0.143. The van der Waals surface area contributed by atoms with Crippen LogP contribution >= 0.6 is 11.8 Å². The smallest absolute Gasteiger partial charge is 0.305 e. The van der Waals surface area contributed by atoms with Crippen LogP contribution in [0.4, 0.5) is 0 Å². The summed E-state index contributed by atoms with van der Waals surface area (Å²) >= 11 is 1.41. The predicted octanol–water partition coefficient (Wildman–Crippen LogP) is 2.64. The molecule has 0 amide bonds. The highest BCUT2D eigenvalue weighted by Crippen LogP contribution is 2.26. The average Bonchev–Trinajstić information content (AvgIpc) is 3.01. The van der Waals surface area contributed by atoms with Gasteiger partial charge in [-0.05, 0) is 50.4 Å². The monoisotopic (exact) mass is 365 g/mol. The molecule has 138 valence electrons. The van der Waals surface area contributed by atoms with Gasteiger partial charge < -0.3 is 10.1 Å². The Labute approximate surface area is 153 Å². The quantitative estimate of drug-likeness (QED) is 0.564. The normalized spacial score (nSPS) is 19.1. The van der Waals surface area contributed by atoms with E-state index in [1.807, 2.05) is 23.9 Å². The summed E-state index contributed by atoms with van der Waals surface area (Å²) in [5, 5.41) is 8.33. The minimum absolute atomic E-state index is 0.132. The van der Waals surface area contributed by atoms with E-state index in [0.29, 0.717) is 13.0 Å². The van der Waals surface area contributed by atoms with Crippen LogP contribution in [-0.4, -0.2) is 45.8 Å². The van der Waals surface area contributed by atoms with Crippen LogP contribution in [0.15, 0.2) is 17.8 Å². The number of thioether (sulfide) groups is 1. The second kappa shape index (κ2) is 10.4. The van der Waals surface area contributed by atoms with Crippen LogP contribution in [0.3, 0.4) is 0 Å². The van der Waals surface area contributed by atoms with Crippen LogP contribution in [-0.2, 0) is 20.9 Å². The van der Waals surface area contributed by atoms with E-state index in [2.05, 4.69) is 16.5 Å². The number of hydrogen-bond acceptors (Lipinski definition) is 6. The topological polar surface area (TPSA) is 73.2 Å². The number of piperidine rings is 1. The van der Waals surface area contributed by atoms with Gasteiger partial charge in [0.15, 0.2) is 5.12 Å². The Morgan fingerprint density at radius 3 is 3.08 bits per heavy atom. The maximum absolute atomic E-state index is 11.4. The first-order valence-electron chi connectivity index (χ1n) is 8.86. The van der Waals surface area contributed by atoms with E-state index in [4.69, 9.17) is 4.74 Å². The van der Waals surface area contributed by atoms with Gasteiger partial charge in [0.25, 0.3) is 0 Å². The number of aromatic nitrogens is 2. The molecule has 1 unspecified atom stereocenters. The van der Waals surface area contributed by atoms with E-state index < -0.39 is 0 Å². The average molecular weight is 365 g/mol. The Bertz CT molecular complexity index is 612. The SMILES string of the molecule is CCOC(=O)CCCCn1ccc(/C=C2\CNCCC2SC(C)=O)n1. The molecule has 0 spiro atoms. The number of hydrogen-bond donors (Lipinski definition) is 1.